The Morgan fingerprint density at radius 3 is 2.21 bits per heavy atom. The zero-order valence-corrected chi connectivity index (χ0v) is 10.9. The number of aliphatic hydroxyl groups excluding tert-OH is 3. The number of nitrogens with one attached hydrogen (secondary N) is 2. The van der Waals surface area contributed by atoms with E-state index in [-0.39, 0.29) is 0 Å². The molecule has 0 unspecified atom stereocenters. The van der Waals surface area contributed by atoms with Crippen LogP contribution in [0.5, 0.6) is 0 Å². The Kier molecular flexibility index (Phi) is 5.90. The molecular weight excluding hydrogens is 250 g/mol. The molecule has 0 fully saturated rings. The van der Waals surface area contributed by atoms with Crippen LogP contribution < -0.4 is 16.6 Å². The Morgan fingerprint density at radius 2 is 1.74 bits per heavy atom. The van der Waals surface area contributed by atoms with E-state index in [2.05, 4.69) is 20.7 Å². The summed E-state index contributed by atoms with van der Waals surface area (Å²) >= 11 is 0. The predicted molar refractivity (Wildman–Crippen MR) is 71.4 cm³/mol. The van der Waals surface area contributed by atoms with Gasteiger partial charge in [0.2, 0.25) is 0 Å². The number of rotatable bonds is 8. The monoisotopic (exact) mass is 271 g/mol. The van der Waals surface area contributed by atoms with Gasteiger partial charge in [0, 0.05) is 5.56 Å². The smallest absolute Gasteiger partial charge is 0.148 e. The van der Waals surface area contributed by atoms with Crippen molar-refractivity contribution in [2.24, 2.45) is 5.84 Å². The number of aliphatic hydroxyl groups is 3. The summed E-state index contributed by atoms with van der Waals surface area (Å²) in [4.78, 5) is 8.09. The van der Waals surface area contributed by atoms with Crippen LogP contribution in [0.2, 0.25) is 0 Å². The second-order valence-corrected chi connectivity index (χ2v) is 4.32. The van der Waals surface area contributed by atoms with Crippen molar-refractivity contribution in [3.8, 4) is 0 Å². The van der Waals surface area contributed by atoms with Gasteiger partial charge in [0.15, 0.2) is 0 Å². The van der Waals surface area contributed by atoms with Gasteiger partial charge in [-0.25, -0.2) is 15.8 Å². The van der Waals surface area contributed by atoms with Gasteiger partial charge >= 0.3 is 0 Å². The van der Waals surface area contributed by atoms with Crippen molar-refractivity contribution in [1.29, 1.82) is 0 Å². The van der Waals surface area contributed by atoms with Gasteiger partial charge in [-0.1, -0.05) is 13.3 Å². The standard InChI is InChI=1S/C11H21N5O3/c1-2-3-8-9(13-7-14-10(8)16-12)15-11(4-17,5-18)6-19/h7,17-19H,2-6,12H2,1H3,(H2,13,14,15,16). The molecule has 1 rings (SSSR count). The van der Waals surface area contributed by atoms with Crippen molar-refractivity contribution in [3.05, 3.63) is 11.9 Å². The summed E-state index contributed by atoms with van der Waals surface area (Å²) in [6, 6.07) is 0. The molecule has 108 valence electrons. The molecule has 0 aliphatic heterocycles. The van der Waals surface area contributed by atoms with Crippen LogP contribution in [-0.4, -0.2) is 50.6 Å². The third-order valence-electron chi connectivity index (χ3n) is 2.87. The highest BCUT2D eigenvalue weighted by molar-refractivity contribution is 5.58. The number of hydrogen-bond donors (Lipinski definition) is 6. The summed E-state index contributed by atoms with van der Waals surface area (Å²) in [6.45, 7) is 0.706. The zero-order chi connectivity index (χ0) is 14.3. The SMILES string of the molecule is CCCc1c(NN)ncnc1NC(CO)(CO)CO. The van der Waals surface area contributed by atoms with E-state index in [4.69, 9.17) is 5.84 Å². The quantitative estimate of drug-likeness (QED) is 0.257. The summed E-state index contributed by atoms with van der Waals surface area (Å²) in [6.07, 6.45) is 2.83. The van der Waals surface area contributed by atoms with Gasteiger partial charge in [0.1, 0.15) is 23.5 Å². The first-order valence-electron chi connectivity index (χ1n) is 6.07. The number of nitrogens with zero attached hydrogens (tertiary/aromatic N) is 2. The maximum absolute atomic E-state index is 9.32. The number of aromatic nitrogens is 2. The molecular formula is C11H21N5O3. The van der Waals surface area contributed by atoms with E-state index in [1.807, 2.05) is 6.92 Å². The van der Waals surface area contributed by atoms with Crippen LogP contribution in [0.25, 0.3) is 0 Å². The van der Waals surface area contributed by atoms with Gasteiger partial charge in [-0.2, -0.15) is 0 Å². The van der Waals surface area contributed by atoms with Crippen LogP contribution in [0.3, 0.4) is 0 Å². The lowest BCUT2D eigenvalue weighted by Crippen LogP contribution is -2.49. The molecule has 0 radical (unpaired) electrons. The van der Waals surface area contributed by atoms with E-state index >= 15 is 0 Å². The number of anilines is 2. The molecule has 0 aliphatic carbocycles. The van der Waals surface area contributed by atoms with Crippen molar-refractivity contribution in [1.82, 2.24) is 9.97 Å². The molecule has 0 bridgehead atoms. The number of nitrogens with two attached hydrogens (primary N) is 1. The third-order valence-corrected chi connectivity index (χ3v) is 2.87. The Balaban J connectivity index is 3.11. The normalized spacial score (nSPS) is 11.4. The molecule has 0 atom stereocenters. The summed E-state index contributed by atoms with van der Waals surface area (Å²) in [5.74, 6) is 6.30. The van der Waals surface area contributed by atoms with E-state index in [1.165, 1.54) is 6.33 Å². The Bertz CT molecular complexity index is 390. The number of hydrogen-bond acceptors (Lipinski definition) is 8. The van der Waals surface area contributed by atoms with Crippen LogP contribution >= 0.6 is 0 Å². The van der Waals surface area contributed by atoms with Crippen molar-refractivity contribution in [2.75, 3.05) is 30.6 Å². The fourth-order valence-corrected chi connectivity index (χ4v) is 1.65. The molecule has 0 spiro atoms. The fraction of sp³-hybridized carbons (Fsp3) is 0.636. The molecule has 1 aromatic rings. The van der Waals surface area contributed by atoms with E-state index in [0.717, 1.165) is 12.0 Å². The molecule has 8 heteroatoms. The van der Waals surface area contributed by atoms with E-state index in [0.29, 0.717) is 18.1 Å². The fourth-order valence-electron chi connectivity index (χ4n) is 1.65. The highest BCUT2D eigenvalue weighted by Crippen LogP contribution is 2.23. The van der Waals surface area contributed by atoms with Gasteiger partial charge < -0.3 is 26.1 Å². The second-order valence-electron chi connectivity index (χ2n) is 4.32. The first-order valence-corrected chi connectivity index (χ1v) is 6.07. The van der Waals surface area contributed by atoms with Crippen LogP contribution in [0.15, 0.2) is 6.33 Å². The van der Waals surface area contributed by atoms with Crippen molar-refractivity contribution in [3.63, 3.8) is 0 Å². The lowest BCUT2D eigenvalue weighted by Gasteiger charge is -2.30. The van der Waals surface area contributed by atoms with Crippen molar-refractivity contribution >= 4 is 11.6 Å². The van der Waals surface area contributed by atoms with E-state index < -0.39 is 25.4 Å². The first-order chi connectivity index (χ1) is 9.16. The summed E-state index contributed by atoms with van der Waals surface area (Å²) < 4.78 is 0. The summed E-state index contributed by atoms with van der Waals surface area (Å²) in [5.41, 5.74) is 1.99. The second kappa shape index (κ2) is 7.19. The molecule has 19 heavy (non-hydrogen) atoms. The van der Waals surface area contributed by atoms with Crippen molar-refractivity contribution in [2.45, 2.75) is 25.3 Å². The van der Waals surface area contributed by atoms with Crippen molar-refractivity contribution < 1.29 is 15.3 Å². The maximum atomic E-state index is 9.32. The molecule has 8 nitrogen and oxygen atoms in total. The summed E-state index contributed by atoms with van der Waals surface area (Å²) in [5, 5.41) is 30.8. The Morgan fingerprint density at radius 1 is 1.16 bits per heavy atom. The van der Waals surface area contributed by atoms with Gasteiger partial charge in [0.05, 0.1) is 19.8 Å². The van der Waals surface area contributed by atoms with E-state index in [9.17, 15) is 15.3 Å². The first kappa shape index (κ1) is 15.6. The molecule has 0 aliphatic rings. The van der Waals surface area contributed by atoms with Crippen LogP contribution in [0.4, 0.5) is 11.6 Å². The average molecular weight is 271 g/mol. The number of nitrogen functional groups attached to an aromatic ring is 1. The van der Waals surface area contributed by atoms with Crippen LogP contribution in [0.1, 0.15) is 18.9 Å². The molecule has 7 N–H and O–H groups in total. The lowest BCUT2D eigenvalue weighted by molar-refractivity contribution is 0.0830. The molecule has 0 aromatic carbocycles. The minimum Gasteiger partial charge on any atom is -0.394 e. The van der Waals surface area contributed by atoms with Gasteiger partial charge in [-0.3, -0.25) is 0 Å². The van der Waals surface area contributed by atoms with E-state index in [1.54, 1.807) is 0 Å². The van der Waals surface area contributed by atoms with Gasteiger partial charge in [0.25, 0.3) is 0 Å². The minimum atomic E-state index is -1.23. The predicted octanol–water partition coefficient (Wildman–Crippen LogP) is -1.16. The molecule has 1 heterocycles. The number of hydrazine groups is 1. The highest BCUT2D eigenvalue weighted by Gasteiger charge is 2.29. The molecule has 1 aromatic heterocycles. The van der Waals surface area contributed by atoms with Gasteiger partial charge in [-0.05, 0) is 6.42 Å². The molecule has 0 saturated carbocycles. The third kappa shape index (κ3) is 3.51. The topological polar surface area (TPSA) is 137 Å². The van der Waals surface area contributed by atoms with Gasteiger partial charge in [-0.15, -0.1) is 0 Å². The Labute approximate surface area is 111 Å². The molecule has 0 amide bonds. The minimum absolute atomic E-state index is 0.430. The molecule has 0 saturated heterocycles. The Hall–Kier alpha value is -1.48. The van der Waals surface area contributed by atoms with Crippen LogP contribution in [-0.2, 0) is 6.42 Å². The zero-order valence-electron chi connectivity index (χ0n) is 10.9. The summed E-state index contributed by atoms with van der Waals surface area (Å²) in [7, 11) is 0. The largest absolute Gasteiger partial charge is 0.394 e. The lowest BCUT2D eigenvalue weighted by atomic mass is 10.0. The van der Waals surface area contributed by atoms with Crippen LogP contribution in [0, 0.1) is 0 Å². The highest BCUT2D eigenvalue weighted by atomic mass is 16.3. The average Bonchev–Trinajstić information content (AvgIpc) is 2.46. The maximum Gasteiger partial charge on any atom is 0.148 e.